The molecule has 1 aromatic carbocycles. The van der Waals surface area contributed by atoms with Crippen LogP contribution in [0, 0.1) is 5.92 Å². The van der Waals surface area contributed by atoms with Crippen LogP contribution < -0.4 is 5.73 Å². The predicted octanol–water partition coefficient (Wildman–Crippen LogP) is 4.21. The van der Waals surface area contributed by atoms with E-state index < -0.39 is 11.7 Å². The van der Waals surface area contributed by atoms with E-state index in [1.807, 2.05) is 19.1 Å². The van der Waals surface area contributed by atoms with Gasteiger partial charge >= 0.3 is 6.18 Å². The molecule has 2 rings (SSSR count). The van der Waals surface area contributed by atoms with Crippen LogP contribution in [0.3, 0.4) is 0 Å². The van der Waals surface area contributed by atoms with E-state index in [9.17, 15) is 13.2 Å². The summed E-state index contributed by atoms with van der Waals surface area (Å²) in [5.74, 6) is 0.552. The summed E-state index contributed by atoms with van der Waals surface area (Å²) < 4.78 is 38.1. The molecule has 0 amide bonds. The Morgan fingerprint density at radius 3 is 2.36 bits per heavy atom. The van der Waals surface area contributed by atoms with Gasteiger partial charge in [0.1, 0.15) is 0 Å². The number of hydrogen-bond acceptors (Lipinski definition) is 3. The monoisotopic (exact) mass is 351 g/mol. The van der Waals surface area contributed by atoms with Crippen molar-refractivity contribution < 1.29 is 13.2 Å². The molecule has 6 heteroatoms. The summed E-state index contributed by atoms with van der Waals surface area (Å²) in [5, 5.41) is 0. The molecule has 1 fully saturated rings. The summed E-state index contributed by atoms with van der Waals surface area (Å²) in [7, 11) is 0. The van der Waals surface area contributed by atoms with Gasteiger partial charge in [-0.2, -0.15) is 13.2 Å². The molecule has 0 bridgehead atoms. The second-order valence-electron chi connectivity index (χ2n) is 6.15. The number of halogens is 3. The molecule has 1 aliphatic rings. The summed E-state index contributed by atoms with van der Waals surface area (Å²) in [5.41, 5.74) is 7.12. The number of nitrogens with two attached hydrogens (primary N) is 1. The SMILES string of the molecule is C=CC1CCN(/C(C)=C/C(=NCN)c2ccc(C(F)(F)F)cc2)CC1. The van der Waals surface area contributed by atoms with Crippen molar-refractivity contribution >= 4 is 5.71 Å². The van der Waals surface area contributed by atoms with Crippen molar-refractivity contribution in [1.29, 1.82) is 0 Å². The number of piperidine rings is 1. The lowest BCUT2D eigenvalue weighted by Crippen LogP contribution is -2.32. The maximum Gasteiger partial charge on any atom is 0.416 e. The van der Waals surface area contributed by atoms with Crippen LogP contribution in [0.15, 0.2) is 53.7 Å². The van der Waals surface area contributed by atoms with E-state index in [-0.39, 0.29) is 6.67 Å². The molecule has 1 saturated heterocycles. The topological polar surface area (TPSA) is 41.6 Å². The van der Waals surface area contributed by atoms with Crippen molar-refractivity contribution in [2.45, 2.75) is 25.9 Å². The van der Waals surface area contributed by atoms with E-state index in [0.29, 0.717) is 17.2 Å². The number of alkyl halides is 3. The fourth-order valence-electron chi connectivity index (χ4n) is 2.93. The molecular formula is C19H24F3N3. The molecule has 0 spiro atoms. The Morgan fingerprint density at radius 2 is 1.88 bits per heavy atom. The highest BCUT2D eigenvalue weighted by Crippen LogP contribution is 2.29. The Kier molecular flexibility index (Phi) is 6.42. The molecule has 2 N–H and O–H groups in total. The molecule has 0 radical (unpaired) electrons. The first kappa shape index (κ1) is 19.2. The molecule has 25 heavy (non-hydrogen) atoms. The zero-order valence-electron chi connectivity index (χ0n) is 14.4. The first-order chi connectivity index (χ1) is 11.8. The largest absolute Gasteiger partial charge is 0.416 e. The highest BCUT2D eigenvalue weighted by molar-refractivity contribution is 6.09. The number of rotatable bonds is 5. The van der Waals surface area contributed by atoms with Gasteiger partial charge in [0.25, 0.3) is 0 Å². The van der Waals surface area contributed by atoms with E-state index >= 15 is 0 Å². The zero-order chi connectivity index (χ0) is 18.4. The second-order valence-corrected chi connectivity index (χ2v) is 6.15. The van der Waals surface area contributed by atoms with Gasteiger partial charge < -0.3 is 10.6 Å². The Balaban J connectivity index is 2.18. The van der Waals surface area contributed by atoms with Gasteiger partial charge in [-0.1, -0.05) is 18.2 Å². The molecule has 1 heterocycles. The number of nitrogens with zero attached hydrogens (tertiary/aromatic N) is 2. The molecule has 0 aromatic heterocycles. The normalized spacial score (nSPS) is 17.7. The fraction of sp³-hybridized carbons (Fsp3) is 0.421. The van der Waals surface area contributed by atoms with E-state index in [0.717, 1.165) is 43.8 Å². The van der Waals surface area contributed by atoms with Crippen LogP contribution in [-0.4, -0.2) is 30.4 Å². The predicted molar refractivity (Wildman–Crippen MR) is 95.3 cm³/mol. The third-order valence-corrected chi connectivity index (χ3v) is 4.49. The standard InChI is InChI=1S/C19H24F3N3/c1-3-15-8-10-25(11-9-15)14(2)12-18(24-13-23)16-4-6-17(7-5-16)19(20,21)22/h3-7,12,15H,1,8-11,13,23H2,2H3/b14-12+,24-18?. The number of allylic oxidation sites excluding steroid dienone is 3. The minimum Gasteiger partial charge on any atom is -0.375 e. The minimum atomic E-state index is -4.34. The first-order valence-corrected chi connectivity index (χ1v) is 8.33. The van der Waals surface area contributed by atoms with E-state index in [4.69, 9.17) is 5.73 Å². The van der Waals surface area contributed by atoms with Gasteiger partial charge in [-0.25, -0.2) is 0 Å². The molecular weight excluding hydrogens is 327 g/mol. The average Bonchev–Trinajstić information content (AvgIpc) is 2.60. The average molecular weight is 351 g/mol. The zero-order valence-corrected chi connectivity index (χ0v) is 14.4. The van der Waals surface area contributed by atoms with Crippen LogP contribution >= 0.6 is 0 Å². The molecule has 0 atom stereocenters. The van der Waals surface area contributed by atoms with Crippen molar-refractivity contribution in [3.05, 3.63) is 59.8 Å². The number of hydrogen-bond donors (Lipinski definition) is 1. The molecule has 136 valence electrons. The van der Waals surface area contributed by atoms with Crippen LogP contribution in [0.1, 0.15) is 30.9 Å². The summed E-state index contributed by atoms with van der Waals surface area (Å²) in [6, 6.07) is 5.01. The summed E-state index contributed by atoms with van der Waals surface area (Å²) >= 11 is 0. The lowest BCUT2D eigenvalue weighted by Gasteiger charge is -2.33. The maximum absolute atomic E-state index is 12.7. The molecule has 1 aromatic rings. The lowest BCUT2D eigenvalue weighted by molar-refractivity contribution is -0.137. The van der Waals surface area contributed by atoms with Crippen molar-refractivity contribution in [2.75, 3.05) is 19.8 Å². The Hall–Kier alpha value is -2.08. The van der Waals surface area contributed by atoms with E-state index in [2.05, 4.69) is 16.5 Å². The van der Waals surface area contributed by atoms with Gasteiger partial charge in [0, 0.05) is 18.8 Å². The second kappa shape index (κ2) is 8.34. The minimum absolute atomic E-state index is 0.0820. The summed E-state index contributed by atoms with van der Waals surface area (Å²) in [6.45, 7) is 7.78. The first-order valence-electron chi connectivity index (χ1n) is 8.33. The van der Waals surface area contributed by atoms with Gasteiger partial charge in [-0.15, -0.1) is 6.58 Å². The third-order valence-electron chi connectivity index (χ3n) is 4.49. The van der Waals surface area contributed by atoms with Crippen LogP contribution in [0.25, 0.3) is 0 Å². The number of aliphatic imine (C=N–C) groups is 1. The molecule has 3 nitrogen and oxygen atoms in total. The van der Waals surface area contributed by atoms with Gasteiger partial charge in [0.2, 0.25) is 0 Å². The van der Waals surface area contributed by atoms with Crippen molar-refractivity contribution in [1.82, 2.24) is 4.90 Å². The van der Waals surface area contributed by atoms with Gasteiger partial charge in [-0.3, -0.25) is 4.99 Å². The highest BCUT2D eigenvalue weighted by Gasteiger charge is 2.30. The van der Waals surface area contributed by atoms with E-state index in [1.165, 1.54) is 12.1 Å². The highest BCUT2D eigenvalue weighted by atomic mass is 19.4. The van der Waals surface area contributed by atoms with Gasteiger partial charge in [0.05, 0.1) is 17.9 Å². The van der Waals surface area contributed by atoms with Crippen LogP contribution in [0.5, 0.6) is 0 Å². The maximum atomic E-state index is 12.7. The van der Waals surface area contributed by atoms with Crippen LogP contribution in [-0.2, 0) is 6.18 Å². The smallest absolute Gasteiger partial charge is 0.375 e. The Bertz CT molecular complexity index is 637. The van der Waals surface area contributed by atoms with Crippen molar-refractivity contribution in [2.24, 2.45) is 16.6 Å². The van der Waals surface area contributed by atoms with Gasteiger partial charge in [0.15, 0.2) is 0 Å². The third kappa shape index (κ3) is 5.19. The number of benzene rings is 1. The molecule has 1 aliphatic heterocycles. The van der Waals surface area contributed by atoms with Crippen molar-refractivity contribution in [3.63, 3.8) is 0 Å². The van der Waals surface area contributed by atoms with E-state index in [1.54, 1.807) is 0 Å². The van der Waals surface area contributed by atoms with Crippen molar-refractivity contribution in [3.8, 4) is 0 Å². The molecule has 0 aliphatic carbocycles. The number of likely N-dealkylation sites (tertiary alicyclic amines) is 1. The Labute approximate surface area is 146 Å². The summed E-state index contributed by atoms with van der Waals surface area (Å²) in [6.07, 6.45) is 1.66. The summed E-state index contributed by atoms with van der Waals surface area (Å²) in [4.78, 5) is 6.51. The van der Waals surface area contributed by atoms with Gasteiger partial charge in [-0.05, 0) is 49.5 Å². The van der Waals surface area contributed by atoms with Crippen LogP contribution in [0.2, 0.25) is 0 Å². The van der Waals surface area contributed by atoms with Crippen LogP contribution in [0.4, 0.5) is 13.2 Å². The molecule has 0 saturated carbocycles. The molecule has 0 unspecified atom stereocenters. The quantitative estimate of drug-likeness (QED) is 0.638. The Morgan fingerprint density at radius 1 is 1.28 bits per heavy atom. The fourth-order valence-corrected chi connectivity index (χ4v) is 2.93. The lowest BCUT2D eigenvalue weighted by atomic mass is 9.96.